The molecule has 0 aromatic heterocycles. The Kier molecular flexibility index (Phi) is 3.13. The lowest BCUT2D eigenvalue weighted by Crippen LogP contribution is -2.32. The van der Waals surface area contributed by atoms with Crippen LogP contribution in [0.4, 0.5) is 0 Å². The summed E-state index contributed by atoms with van der Waals surface area (Å²) in [5.41, 5.74) is 2.04. The highest BCUT2D eigenvalue weighted by atomic mass is 16.4. The van der Waals surface area contributed by atoms with Gasteiger partial charge in [0.05, 0.1) is 0 Å². The van der Waals surface area contributed by atoms with Crippen LogP contribution in [0.2, 0.25) is 0 Å². The Bertz CT molecular complexity index is 588. The van der Waals surface area contributed by atoms with Crippen LogP contribution >= 0.6 is 0 Å². The molecule has 0 aliphatic rings. The van der Waals surface area contributed by atoms with Gasteiger partial charge in [0.1, 0.15) is 0 Å². The van der Waals surface area contributed by atoms with E-state index in [0.29, 0.717) is 11.0 Å². The van der Waals surface area contributed by atoms with Gasteiger partial charge in [0, 0.05) is 0 Å². The van der Waals surface area contributed by atoms with E-state index in [1.807, 2.05) is 24.3 Å². The van der Waals surface area contributed by atoms with Gasteiger partial charge in [0.15, 0.2) is 0 Å². The van der Waals surface area contributed by atoms with Crippen molar-refractivity contribution in [2.24, 2.45) is 0 Å². The van der Waals surface area contributed by atoms with Crippen molar-refractivity contribution >= 4 is 35.5 Å². The summed E-state index contributed by atoms with van der Waals surface area (Å²) in [6, 6.07) is 9.53. The first-order valence-corrected chi connectivity index (χ1v) is 5.35. The maximum Gasteiger partial charge on any atom is 0.489 e. The molecular weight excluding hydrogens is 211 g/mol. The van der Waals surface area contributed by atoms with Gasteiger partial charge >= 0.3 is 7.12 Å². The van der Waals surface area contributed by atoms with E-state index in [9.17, 15) is 10.0 Å². The predicted octanol–water partition coefficient (Wildman–Crippen LogP) is 1.81. The lowest BCUT2D eigenvalue weighted by Gasteiger charge is -2.12. The molecule has 0 saturated heterocycles. The highest BCUT2D eigenvalue weighted by Gasteiger charge is 2.18. The summed E-state index contributed by atoms with van der Waals surface area (Å²) >= 11 is 0. The van der Waals surface area contributed by atoms with E-state index in [-0.39, 0.29) is 0 Å². The van der Waals surface area contributed by atoms with Crippen LogP contribution in [0.25, 0.3) is 22.9 Å². The van der Waals surface area contributed by atoms with Crippen molar-refractivity contribution in [3.05, 3.63) is 54.6 Å². The standard InChI is InChI=1S/C14H13BO2/c1-3-11-12(4-2)14(15(16)17)9-10-7-5-6-8-13(10)11/h3-9,16-17H,1-2H2. The van der Waals surface area contributed by atoms with Crippen molar-refractivity contribution in [3.63, 3.8) is 0 Å². The first-order chi connectivity index (χ1) is 8.19. The highest BCUT2D eigenvalue weighted by Crippen LogP contribution is 2.23. The average Bonchev–Trinajstić information content (AvgIpc) is 2.36. The van der Waals surface area contributed by atoms with Crippen LogP contribution in [0.1, 0.15) is 11.1 Å². The number of fused-ring (bicyclic) bond motifs is 1. The van der Waals surface area contributed by atoms with Crippen LogP contribution in [0.5, 0.6) is 0 Å². The molecule has 0 radical (unpaired) electrons. The lowest BCUT2D eigenvalue weighted by atomic mass is 9.74. The van der Waals surface area contributed by atoms with Gasteiger partial charge in [-0.25, -0.2) is 0 Å². The minimum absolute atomic E-state index is 0.452. The van der Waals surface area contributed by atoms with Gasteiger partial charge < -0.3 is 10.0 Å². The summed E-state index contributed by atoms with van der Waals surface area (Å²) in [5.74, 6) is 0. The fourth-order valence-electron chi connectivity index (χ4n) is 2.08. The summed E-state index contributed by atoms with van der Waals surface area (Å²) in [7, 11) is -1.51. The summed E-state index contributed by atoms with van der Waals surface area (Å²) in [5, 5.41) is 20.8. The number of benzene rings is 2. The second-order valence-electron chi connectivity index (χ2n) is 3.80. The molecule has 0 heterocycles. The third-order valence-electron chi connectivity index (χ3n) is 2.85. The summed E-state index contributed by atoms with van der Waals surface area (Å²) < 4.78 is 0. The Labute approximate surface area is 101 Å². The summed E-state index contributed by atoms with van der Waals surface area (Å²) in [6.07, 6.45) is 3.34. The molecule has 84 valence electrons. The molecule has 0 atom stereocenters. The lowest BCUT2D eigenvalue weighted by molar-refractivity contribution is 0.426. The Balaban J connectivity index is 2.93. The molecule has 2 aromatic carbocycles. The molecule has 2 rings (SSSR count). The molecule has 0 spiro atoms. The van der Waals surface area contributed by atoms with E-state index >= 15 is 0 Å². The van der Waals surface area contributed by atoms with Crippen molar-refractivity contribution in [2.75, 3.05) is 0 Å². The number of hydrogen-bond acceptors (Lipinski definition) is 2. The molecule has 0 aliphatic heterocycles. The van der Waals surface area contributed by atoms with E-state index in [1.165, 1.54) is 0 Å². The topological polar surface area (TPSA) is 40.5 Å². The Morgan fingerprint density at radius 3 is 2.24 bits per heavy atom. The third kappa shape index (κ3) is 1.91. The largest absolute Gasteiger partial charge is 0.489 e. The predicted molar refractivity (Wildman–Crippen MR) is 74.0 cm³/mol. The SMILES string of the molecule is C=Cc1c(B(O)O)cc2ccccc2c1C=C. The van der Waals surface area contributed by atoms with E-state index in [2.05, 4.69) is 13.2 Å². The van der Waals surface area contributed by atoms with Crippen LogP contribution in [-0.4, -0.2) is 17.2 Å². The smallest absolute Gasteiger partial charge is 0.423 e. The van der Waals surface area contributed by atoms with Crippen LogP contribution in [0.3, 0.4) is 0 Å². The van der Waals surface area contributed by atoms with Gasteiger partial charge in [-0.05, 0) is 27.4 Å². The molecule has 0 fully saturated rings. The molecule has 0 bridgehead atoms. The van der Waals surface area contributed by atoms with Crippen LogP contribution in [0.15, 0.2) is 43.5 Å². The van der Waals surface area contributed by atoms with Gasteiger partial charge in [-0.2, -0.15) is 0 Å². The molecule has 0 unspecified atom stereocenters. The van der Waals surface area contributed by atoms with Gasteiger partial charge in [0.25, 0.3) is 0 Å². The monoisotopic (exact) mass is 224 g/mol. The maximum atomic E-state index is 9.39. The Hall–Kier alpha value is -1.84. The first-order valence-electron chi connectivity index (χ1n) is 5.35. The molecule has 0 aliphatic carbocycles. The minimum atomic E-state index is -1.51. The molecule has 2 N–H and O–H groups in total. The highest BCUT2D eigenvalue weighted by molar-refractivity contribution is 6.60. The molecule has 2 nitrogen and oxygen atoms in total. The third-order valence-corrected chi connectivity index (χ3v) is 2.85. The average molecular weight is 224 g/mol. The van der Waals surface area contributed by atoms with Crippen molar-refractivity contribution < 1.29 is 10.0 Å². The fraction of sp³-hybridized carbons (Fsp3) is 0. The Morgan fingerprint density at radius 1 is 1.00 bits per heavy atom. The quantitative estimate of drug-likeness (QED) is 0.780. The van der Waals surface area contributed by atoms with Crippen LogP contribution in [0, 0.1) is 0 Å². The zero-order valence-corrected chi connectivity index (χ0v) is 9.43. The zero-order valence-electron chi connectivity index (χ0n) is 9.43. The van der Waals surface area contributed by atoms with E-state index in [0.717, 1.165) is 16.3 Å². The number of hydrogen-bond donors (Lipinski definition) is 2. The Morgan fingerprint density at radius 2 is 1.65 bits per heavy atom. The molecular formula is C14H13BO2. The van der Waals surface area contributed by atoms with Crippen molar-refractivity contribution in [2.45, 2.75) is 0 Å². The normalized spacial score (nSPS) is 10.2. The fourth-order valence-corrected chi connectivity index (χ4v) is 2.08. The second-order valence-corrected chi connectivity index (χ2v) is 3.80. The number of rotatable bonds is 3. The van der Waals surface area contributed by atoms with E-state index in [4.69, 9.17) is 0 Å². The van der Waals surface area contributed by atoms with Crippen molar-refractivity contribution in [1.29, 1.82) is 0 Å². The summed E-state index contributed by atoms with van der Waals surface area (Å²) in [4.78, 5) is 0. The van der Waals surface area contributed by atoms with Crippen molar-refractivity contribution in [3.8, 4) is 0 Å². The van der Waals surface area contributed by atoms with Gasteiger partial charge in [0.2, 0.25) is 0 Å². The second kappa shape index (κ2) is 4.57. The van der Waals surface area contributed by atoms with Gasteiger partial charge in [-0.3, -0.25) is 0 Å². The minimum Gasteiger partial charge on any atom is -0.423 e. The molecule has 3 heteroatoms. The van der Waals surface area contributed by atoms with Crippen LogP contribution in [-0.2, 0) is 0 Å². The molecule has 17 heavy (non-hydrogen) atoms. The molecule has 0 amide bonds. The van der Waals surface area contributed by atoms with E-state index in [1.54, 1.807) is 18.2 Å². The first kappa shape index (κ1) is 11.6. The maximum absolute atomic E-state index is 9.39. The van der Waals surface area contributed by atoms with Gasteiger partial charge in [-0.15, -0.1) is 0 Å². The zero-order chi connectivity index (χ0) is 12.4. The molecule has 0 saturated carbocycles. The molecule has 2 aromatic rings. The van der Waals surface area contributed by atoms with Gasteiger partial charge in [-0.1, -0.05) is 55.6 Å². The van der Waals surface area contributed by atoms with Crippen LogP contribution < -0.4 is 5.46 Å². The summed E-state index contributed by atoms with van der Waals surface area (Å²) in [6.45, 7) is 7.50. The van der Waals surface area contributed by atoms with E-state index < -0.39 is 7.12 Å². The van der Waals surface area contributed by atoms with Crippen molar-refractivity contribution in [1.82, 2.24) is 0 Å².